The SMILES string of the molecule is Cc1csc(C(=O)Nc2nnc(SCC(=O)N3CCc4ccccc43)s2)c1. The van der Waals surface area contributed by atoms with Gasteiger partial charge in [0.25, 0.3) is 5.91 Å². The molecule has 9 heteroatoms. The van der Waals surface area contributed by atoms with Gasteiger partial charge in [-0.3, -0.25) is 14.9 Å². The fourth-order valence-electron chi connectivity index (χ4n) is 2.83. The lowest BCUT2D eigenvalue weighted by Gasteiger charge is -2.16. The second-order valence-electron chi connectivity index (χ2n) is 6.03. The van der Waals surface area contributed by atoms with Crippen molar-refractivity contribution in [3.8, 4) is 0 Å². The van der Waals surface area contributed by atoms with E-state index in [4.69, 9.17) is 0 Å². The Labute approximate surface area is 168 Å². The molecule has 0 saturated carbocycles. The van der Waals surface area contributed by atoms with Gasteiger partial charge in [0.1, 0.15) is 0 Å². The lowest BCUT2D eigenvalue weighted by atomic mass is 10.2. The normalized spacial score (nSPS) is 12.9. The van der Waals surface area contributed by atoms with E-state index in [0.717, 1.165) is 24.2 Å². The Morgan fingerprint density at radius 1 is 1.30 bits per heavy atom. The van der Waals surface area contributed by atoms with Crippen LogP contribution in [0.15, 0.2) is 40.1 Å². The van der Waals surface area contributed by atoms with Crippen molar-refractivity contribution in [3.63, 3.8) is 0 Å². The highest BCUT2D eigenvalue weighted by Crippen LogP contribution is 2.30. The van der Waals surface area contributed by atoms with Crippen LogP contribution in [0.4, 0.5) is 10.8 Å². The average molecular weight is 417 g/mol. The Hall–Kier alpha value is -2.23. The number of fused-ring (bicyclic) bond motifs is 1. The molecule has 27 heavy (non-hydrogen) atoms. The van der Waals surface area contributed by atoms with E-state index in [1.807, 2.05) is 41.5 Å². The highest BCUT2D eigenvalue weighted by molar-refractivity contribution is 8.01. The maximum absolute atomic E-state index is 12.5. The molecule has 3 aromatic rings. The van der Waals surface area contributed by atoms with Crippen LogP contribution in [-0.2, 0) is 11.2 Å². The predicted octanol–water partition coefficient (Wildman–Crippen LogP) is 3.84. The number of aromatic nitrogens is 2. The summed E-state index contributed by atoms with van der Waals surface area (Å²) in [5, 5.41) is 13.2. The molecule has 0 atom stereocenters. The third-order valence-corrected chi connectivity index (χ3v) is 7.09. The monoisotopic (exact) mass is 416 g/mol. The number of benzene rings is 1. The predicted molar refractivity (Wildman–Crippen MR) is 110 cm³/mol. The Bertz CT molecular complexity index is 998. The molecule has 4 rings (SSSR count). The summed E-state index contributed by atoms with van der Waals surface area (Å²) < 4.78 is 0.661. The molecule has 2 aromatic heterocycles. The zero-order chi connectivity index (χ0) is 18.8. The van der Waals surface area contributed by atoms with Crippen molar-refractivity contribution >= 4 is 57.1 Å². The summed E-state index contributed by atoms with van der Waals surface area (Å²) in [7, 11) is 0. The van der Waals surface area contributed by atoms with Crippen LogP contribution in [0, 0.1) is 6.92 Å². The molecule has 1 aliphatic rings. The fraction of sp³-hybridized carbons (Fsp3) is 0.222. The Balaban J connectivity index is 1.33. The number of rotatable bonds is 5. The second-order valence-corrected chi connectivity index (χ2v) is 9.14. The molecule has 0 aliphatic carbocycles. The smallest absolute Gasteiger partial charge is 0.267 e. The third kappa shape index (κ3) is 4.05. The van der Waals surface area contributed by atoms with E-state index < -0.39 is 0 Å². The van der Waals surface area contributed by atoms with Gasteiger partial charge in [0, 0.05) is 12.2 Å². The minimum absolute atomic E-state index is 0.0554. The van der Waals surface area contributed by atoms with Gasteiger partial charge < -0.3 is 4.90 Å². The number of nitrogens with one attached hydrogen (secondary N) is 1. The molecule has 6 nitrogen and oxygen atoms in total. The first-order valence-electron chi connectivity index (χ1n) is 8.31. The molecule has 0 saturated heterocycles. The van der Waals surface area contributed by atoms with E-state index in [2.05, 4.69) is 21.6 Å². The van der Waals surface area contributed by atoms with Gasteiger partial charge in [-0.25, -0.2) is 0 Å². The number of carbonyl (C=O) groups excluding carboxylic acids is 2. The van der Waals surface area contributed by atoms with Gasteiger partial charge in [-0.15, -0.1) is 21.5 Å². The number of nitrogens with zero attached hydrogens (tertiary/aromatic N) is 3. The summed E-state index contributed by atoms with van der Waals surface area (Å²) in [4.78, 5) is 27.2. The summed E-state index contributed by atoms with van der Waals surface area (Å²) in [5.41, 5.74) is 3.26. The van der Waals surface area contributed by atoms with Gasteiger partial charge in [0.2, 0.25) is 11.0 Å². The molecular weight excluding hydrogens is 400 g/mol. The van der Waals surface area contributed by atoms with E-state index in [9.17, 15) is 9.59 Å². The first-order valence-corrected chi connectivity index (χ1v) is 11.0. The Morgan fingerprint density at radius 2 is 2.15 bits per heavy atom. The minimum Gasteiger partial charge on any atom is -0.311 e. The van der Waals surface area contributed by atoms with E-state index in [-0.39, 0.29) is 11.8 Å². The van der Waals surface area contributed by atoms with Crippen LogP contribution in [0.2, 0.25) is 0 Å². The second kappa shape index (κ2) is 7.79. The van der Waals surface area contributed by atoms with Crippen LogP contribution < -0.4 is 10.2 Å². The molecule has 138 valence electrons. The van der Waals surface area contributed by atoms with E-state index in [0.29, 0.717) is 20.1 Å². The quantitative estimate of drug-likeness (QED) is 0.505. The topological polar surface area (TPSA) is 75.2 Å². The van der Waals surface area contributed by atoms with Crippen molar-refractivity contribution < 1.29 is 9.59 Å². The summed E-state index contributed by atoms with van der Waals surface area (Å²) in [6.07, 6.45) is 0.893. The van der Waals surface area contributed by atoms with Crippen LogP contribution in [0.3, 0.4) is 0 Å². The lowest BCUT2D eigenvalue weighted by Crippen LogP contribution is -2.30. The summed E-state index contributed by atoms with van der Waals surface area (Å²) >= 11 is 4.01. The minimum atomic E-state index is -0.189. The Kier molecular flexibility index (Phi) is 5.24. The van der Waals surface area contributed by atoms with Crippen LogP contribution in [0.5, 0.6) is 0 Å². The molecular formula is C18H16N4O2S3. The molecule has 3 heterocycles. The number of hydrogen-bond donors (Lipinski definition) is 1. The van der Waals surface area contributed by atoms with Gasteiger partial charge in [-0.05, 0) is 42.0 Å². The van der Waals surface area contributed by atoms with Gasteiger partial charge in [0.15, 0.2) is 4.34 Å². The first-order chi connectivity index (χ1) is 13.1. The first kappa shape index (κ1) is 18.1. The highest BCUT2D eigenvalue weighted by Gasteiger charge is 2.24. The van der Waals surface area contributed by atoms with Crippen molar-refractivity contribution in [3.05, 3.63) is 51.7 Å². The molecule has 2 amide bonds. The zero-order valence-electron chi connectivity index (χ0n) is 14.5. The number of hydrogen-bond acceptors (Lipinski definition) is 7. The van der Waals surface area contributed by atoms with Crippen LogP contribution >= 0.6 is 34.4 Å². The molecule has 1 aromatic carbocycles. The number of thioether (sulfide) groups is 1. The van der Waals surface area contributed by atoms with Crippen molar-refractivity contribution in [2.75, 3.05) is 22.5 Å². The zero-order valence-corrected chi connectivity index (χ0v) is 16.9. The van der Waals surface area contributed by atoms with Crippen molar-refractivity contribution in [2.45, 2.75) is 17.7 Å². The van der Waals surface area contributed by atoms with Gasteiger partial charge in [-0.2, -0.15) is 0 Å². The molecule has 0 unspecified atom stereocenters. The van der Waals surface area contributed by atoms with Crippen molar-refractivity contribution in [2.24, 2.45) is 0 Å². The molecule has 1 aliphatic heterocycles. The molecule has 0 spiro atoms. The highest BCUT2D eigenvalue weighted by atomic mass is 32.2. The van der Waals surface area contributed by atoms with Crippen LogP contribution in [0.1, 0.15) is 20.8 Å². The van der Waals surface area contributed by atoms with Crippen molar-refractivity contribution in [1.82, 2.24) is 10.2 Å². The van der Waals surface area contributed by atoms with Gasteiger partial charge >= 0.3 is 0 Å². The lowest BCUT2D eigenvalue weighted by molar-refractivity contribution is -0.116. The van der Waals surface area contributed by atoms with Crippen LogP contribution in [-0.4, -0.2) is 34.3 Å². The summed E-state index contributed by atoms with van der Waals surface area (Å²) in [6, 6.07) is 9.83. The maximum atomic E-state index is 12.5. The van der Waals surface area contributed by atoms with E-state index in [1.165, 1.54) is 40.0 Å². The standard InChI is InChI=1S/C18H16N4O2S3/c1-11-8-14(25-9-11)16(24)19-17-20-21-18(27-17)26-10-15(23)22-7-6-12-4-2-3-5-13(12)22/h2-5,8-9H,6-7,10H2,1H3,(H,19,20,24). The maximum Gasteiger partial charge on any atom is 0.267 e. The van der Waals surface area contributed by atoms with Crippen molar-refractivity contribution in [1.29, 1.82) is 0 Å². The summed E-state index contributed by atoms with van der Waals surface area (Å²) in [5.74, 6) is 0.159. The average Bonchev–Trinajstić information content (AvgIpc) is 3.39. The van der Waals surface area contributed by atoms with E-state index in [1.54, 1.807) is 0 Å². The molecule has 0 bridgehead atoms. The molecule has 0 radical (unpaired) electrons. The number of aryl methyl sites for hydroxylation is 1. The van der Waals surface area contributed by atoms with Gasteiger partial charge in [-0.1, -0.05) is 41.3 Å². The number of carbonyl (C=O) groups is 2. The molecule has 0 fully saturated rings. The number of amides is 2. The van der Waals surface area contributed by atoms with E-state index >= 15 is 0 Å². The fourth-order valence-corrected chi connectivity index (χ4v) is 5.24. The number of para-hydroxylation sites is 1. The number of thiophene rings is 1. The molecule has 1 N–H and O–H groups in total. The largest absolute Gasteiger partial charge is 0.311 e. The summed E-state index contributed by atoms with van der Waals surface area (Å²) in [6.45, 7) is 2.67. The Morgan fingerprint density at radius 3 is 2.96 bits per heavy atom. The van der Waals surface area contributed by atoms with Crippen LogP contribution in [0.25, 0.3) is 0 Å². The van der Waals surface area contributed by atoms with Gasteiger partial charge in [0.05, 0.1) is 10.6 Å². The third-order valence-electron chi connectivity index (χ3n) is 4.09. The number of anilines is 2.